The van der Waals surface area contributed by atoms with Crippen molar-refractivity contribution in [3.63, 3.8) is 0 Å². The van der Waals surface area contributed by atoms with Gasteiger partial charge in [-0.1, -0.05) is 18.2 Å². The molecule has 1 aliphatic heterocycles. The second-order valence-corrected chi connectivity index (χ2v) is 6.44. The van der Waals surface area contributed by atoms with E-state index in [-0.39, 0.29) is 17.9 Å². The van der Waals surface area contributed by atoms with Gasteiger partial charge in [0.05, 0.1) is 11.7 Å². The van der Waals surface area contributed by atoms with Crippen LogP contribution in [0.2, 0.25) is 0 Å². The highest BCUT2D eigenvalue weighted by Gasteiger charge is 2.22. The van der Waals surface area contributed by atoms with E-state index >= 15 is 0 Å². The summed E-state index contributed by atoms with van der Waals surface area (Å²) < 4.78 is 5.82. The van der Waals surface area contributed by atoms with Gasteiger partial charge in [0.25, 0.3) is 0 Å². The van der Waals surface area contributed by atoms with Crippen molar-refractivity contribution in [2.24, 2.45) is 5.92 Å². The minimum Gasteiger partial charge on any atom is -0.487 e. The van der Waals surface area contributed by atoms with Crippen LogP contribution in [0.3, 0.4) is 0 Å². The Labute approximate surface area is 148 Å². The normalized spacial score (nSPS) is 16.2. The molecule has 1 atom stereocenters. The molecule has 1 aromatic heterocycles. The van der Waals surface area contributed by atoms with Crippen LogP contribution in [-0.2, 0) is 11.4 Å². The Morgan fingerprint density at radius 2 is 2.12 bits per heavy atom. The van der Waals surface area contributed by atoms with E-state index in [0.717, 1.165) is 42.9 Å². The number of hydrogen-bond acceptors (Lipinski definition) is 4. The van der Waals surface area contributed by atoms with Crippen LogP contribution in [-0.4, -0.2) is 24.0 Å². The predicted octanol–water partition coefficient (Wildman–Crippen LogP) is 2.84. The fourth-order valence-corrected chi connectivity index (χ4v) is 3.01. The molecule has 5 nitrogen and oxygen atoms in total. The van der Waals surface area contributed by atoms with Crippen LogP contribution in [0.4, 0.5) is 0 Å². The number of amides is 1. The molecule has 1 aliphatic rings. The molecule has 5 heteroatoms. The molecule has 0 bridgehead atoms. The van der Waals surface area contributed by atoms with Crippen molar-refractivity contribution in [3.8, 4) is 5.75 Å². The van der Waals surface area contributed by atoms with Gasteiger partial charge in [0.2, 0.25) is 5.91 Å². The van der Waals surface area contributed by atoms with Crippen molar-refractivity contribution in [2.75, 3.05) is 13.1 Å². The number of hydrogen-bond donors (Lipinski definition) is 2. The van der Waals surface area contributed by atoms with Crippen LogP contribution >= 0.6 is 0 Å². The summed E-state index contributed by atoms with van der Waals surface area (Å²) in [6, 6.07) is 13.6. The number of rotatable bonds is 6. The number of pyridine rings is 1. The number of piperidine rings is 1. The van der Waals surface area contributed by atoms with Crippen molar-refractivity contribution in [1.82, 2.24) is 15.6 Å². The molecule has 1 unspecified atom stereocenters. The highest BCUT2D eigenvalue weighted by Crippen LogP contribution is 2.21. The Balaban J connectivity index is 1.57. The number of carbonyl (C=O) groups is 1. The van der Waals surface area contributed by atoms with E-state index in [1.165, 1.54) is 0 Å². The van der Waals surface area contributed by atoms with Gasteiger partial charge in [0.1, 0.15) is 12.4 Å². The maximum absolute atomic E-state index is 12.4. The summed E-state index contributed by atoms with van der Waals surface area (Å²) in [6.07, 6.45) is 3.57. The Hall–Kier alpha value is -2.40. The third kappa shape index (κ3) is 5.03. The molecular formula is C20H25N3O2. The summed E-state index contributed by atoms with van der Waals surface area (Å²) in [6.45, 7) is 4.28. The van der Waals surface area contributed by atoms with Gasteiger partial charge in [0, 0.05) is 12.1 Å². The molecule has 132 valence electrons. The summed E-state index contributed by atoms with van der Waals surface area (Å²) in [4.78, 5) is 16.7. The number of carbonyl (C=O) groups excluding carboxylic acids is 1. The largest absolute Gasteiger partial charge is 0.487 e. The molecule has 1 aromatic carbocycles. The lowest BCUT2D eigenvalue weighted by atomic mass is 9.96. The molecule has 0 aliphatic carbocycles. The fraction of sp³-hybridized carbons (Fsp3) is 0.400. The van der Waals surface area contributed by atoms with Crippen LogP contribution < -0.4 is 15.4 Å². The van der Waals surface area contributed by atoms with Gasteiger partial charge < -0.3 is 15.4 Å². The maximum Gasteiger partial charge on any atom is 0.223 e. The number of nitrogens with one attached hydrogen (secondary N) is 2. The number of aromatic nitrogens is 1. The van der Waals surface area contributed by atoms with Crippen molar-refractivity contribution in [3.05, 3.63) is 59.9 Å². The second kappa shape index (κ2) is 8.62. The van der Waals surface area contributed by atoms with Crippen LogP contribution in [0.1, 0.15) is 37.1 Å². The molecule has 25 heavy (non-hydrogen) atoms. The minimum absolute atomic E-state index is 0.0409. The van der Waals surface area contributed by atoms with E-state index in [9.17, 15) is 4.79 Å². The highest BCUT2D eigenvalue weighted by atomic mass is 16.5. The van der Waals surface area contributed by atoms with Crippen molar-refractivity contribution in [1.29, 1.82) is 0 Å². The molecule has 1 amide bonds. The lowest BCUT2D eigenvalue weighted by Crippen LogP contribution is -2.39. The third-order valence-corrected chi connectivity index (χ3v) is 4.54. The summed E-state index contributed by atoms with van der Waals surface area (Å²) in [5.74, 6) is 1.05. The molecule has 2 N–H and O–H groups in total. The van der Waals surface area contributed by atoms with Crippen molar-refractivity contribution < 1.29 is 9.53 Å². The predicted molar refractivity (Wildman–Crippen MR) is 97.2 cm³/mol. The fourth-order valence-electron chi connectivity index (χ4n) is 3.01. The average molecular weight is 339 g/mol. The van der Waals surface area contributed by atoms with E-state index in [0.29, 0.717) is 6.61 Å². The molecule has 3 rings (SSSR count). The maximum atomic E-state index is 12.4. The number of benzene rings is 1. The monoisotopic (exact) mass is 339 g/mol. The zero-order chi connectivity index (χ0) is 17.5. The number of nitrogens with zero attached hydrogens (tertiary/aromatic N) is 1. The van der Waals surface area contributed by atoms with Gasteiger partial charge in [-0.15, -0.1) is 0 Å². The average Bonchev–Trinajstić information content (AvgIpc) is 2.68. The van der Waals surface area contributed by atoms with E-state index in [2.05, 4.69) is 15.6 Å². The number of ether oxygens (including phenoxy) is 1. The van der Waals surface area contributed by atoms with E-state index in [1.54, 1.807) is 6.20 Å². The van der Waals surface area contributed by atoms with E-state index < -0.39 is 0 Å². The second-order valence-electron chi connectivity index (χ2n) is 6.44. The topological polar surface area (TPSA) is 63.2 Å². The Morgan fingerprint density at radius 1 is 1.28 bits per heavy atom. The molecule has 0 radical (unpaired) electrons. The Bertz CT molecular complexity index is 684. The first-order chi connectivity index (χ1) is 12.2. The van der Waals surface area contributed by atoms with Crippen LogP contribution in [0, 0.1) is 5.92 Å². The third-order valence-electron chi connectivity index (χ3n) is 4.54. The Kier molecular flexibility index (Phi) is 6.01. The molecule has 2 heterocycles. The summed E-state index contributed by atoms with van der Waals surface area (Å²) in [7, 11) is 0. The summed E-state index contributed by atoms with van der Waals surface area (Å²) in [5.41, 5.74) is 1.93. The zero-order valence-electron chi connectivity index (χ0n) is 14.6. The molecular weight excluding hydrogens is 314 g/mol. The highest BCUT2D eigenvalue weighted by molar-refractivity contribution is 5.79. The first-order valence-electron chi connectivity index (χ1n) is 8.86. The summed E-state index contributed by atoms with van der Waals surface area (Å²) in [5, 5.41) is 6.42. The van der Waals surface area contributed by atoms with Gasteiger partial charge >= 0.3 is 0 Å². The van der Waals surface area contributed by atoms with Gasteiger partial charge in [-0.2, -0.15) is 0 Å². The van der Waals surface area contributed by atoms with Crippen molar-refractivity contribution in [2.45, 2.75) is 32.4 Å². The van der Waals surface area contributed by atoms with Gasteiger partial charge in [-0.05, 0) is 62.7 Å². The van der Waals surface area contributed by atoms with Crippen molar-refractivity contribution >= 4 is 5.91 Å². The smallest absolute Gasteiger partial charge is 0.223 e. The lowest BCUT2D eigenvalue weighted by molar-refractivity contribution is -0.126. The minimum atomic E-state index is -0.0409. The first kappa shape index (κ1) is 17.4. The van der Waals surface area contributed by atoms with Crippen LogP contribution in [0.25, 0.3) is 0 Å². The van der Waals surface area contributed by atoms with E-state index in [4.69, 9.17) is 4.74 Å². The van der Waals surface area contributed by atoms with Gasteiger partial charge in [-0.3, -0.25) is 9.78 Å². The van der Waals surface area contributed by atoms with E-state index in [1.807, 2.05) is 49.4 Å². The van der Waals surface area contributed by atoms with Crippen LogP contribution in [0.5, 0.6) is 5.75 Å². The Morgan fingerprint density at radius 3 is 2.88 bits per heavy atom. The quantitative estimate of drug-likeness (QED) is 0.849. The molecule has 1 saturated heterocycles. The zero-order valence-corrected chi connectivity index (χ0v) is 14.6. The lowest BCUT2D eigenvalue weighted by Gasteiger charge is -2.24. The standard InChI is InChI=1S/C20H25N3O2/c1-15(23-20(24)16-8-11-21-12-9-16)17-5-4-7-19(13-17)25-14-18-6-2-3-10-22-18/h2-7,10,13,15-16,21H,8-9,11-12,14H2,1H3,(H,23,24). The molecule has 0 spiro atoms. The molecule has 2 aromatic rings. The first-order valence-corrected chi connectivity index (χ1v) is 8.86. The molecule has 1 fully saturated rings. The van der Waals surface area contributed by atoms with Gasteiger partial charge in [-0.25, -0.2) is 0 Å². The SMILES string of the molecule is CC(NC(=O)C1CCNCC1)c1cccc(OCc2ccccn2)c1. The summed E-state index contributed by atoms with van der Waals surface area (Å²) >= 11 is 0. The van der Waals surface area contributed by atoms with Gasteiger partial charge in [0.15, 0.2) is 0 Å². The van der Waals surface area contributed by atoms with Crippen LogP contribution in [0.15, 0.2) is 48.7 Å². The molecule has 0 saturated carbocycles.